The molecule has 0 spiro atoms. The van der Waals surface area contributed by atoms with Gasteiger partial charge >= 0.3 is 0 Å². The van der Waals surface area contributed by atoms with Crippen LogP contribution < -0.4 is 20.1 Å². The standard InChI is InChI=1S/C26H28ClFN2O3/c1-17(2)12-25(31)30-22-8-5-7-21(14-22)29-15-18-6-4-9-24(32-3)26(18)33-16-19-10-11-20(28)13-23(19)27/h4-11,13-14,17,29H,12,15-16H2,1-3H3,(H,30,31). The molecule has 0 aromatic heterocycles. The fourth-order valence-corrected chi connectivity index (χ4v) is 3.52. The Kier molecular flexibility index (Phi) is 8.55. The summed E-state index contributed by atoms with van der Waals surface area (Å²) in [5, 5.41) is 6.59. The topological polar surface area (TPSA) is 59.6 Å². The number of hydrogen-bond acceptors (Lipinski definition) is 4. The van der Waals surface area contributed by atoms with E-state index in [0.717, 1.165) is 16.9 Å². The predicted octanol–water partition coefficient (Wildman–Crippen LogP) is 6.66. The molecule has 0 aliphatic carbocycles. The van der Waals surface area contributed by atoms with Crippen molar-refractivity contribution >= 4 is 28.9 Å². The van der Waals surface area contributed by atoms with Crippen molar-refractivity contribution in [3.8, 4) is 11.5 Å². The summed E-state index contributed by atoms with van der Waals surface area (Å²) in [6.45, 7) is 4.65. The lowest BCUT2D eigenvalue weighted by molar-refractivity contribution is -0.116. The number of carbonyl (C=O) groups is 1. The van der Waals surface area contributed by atoms with E-state index < -0.39 is 5.82 Å². The lowest BCUT2D eigenvalue weighted by atomic mass is 10.1. The Balaban J connectivity index is 1.71. The lowest BCUT2D eigenvalue weighted by Gasteiger charge is -2.17. The zero-order valence-corrected chi connectivity index (χ0v) is 19.7. The first-order chi connectivity index (χ1) is 15.9. The molecule has 0 saturated heterocycles. The van der Waals surface area contributed by atoms with Crippen molar-refractivity contribution in [1.82, 2.24) is 0 Å². The molecule has 0 heterocycles. The highest BCUT2D eigenvalue weighted by molar-refractivity contribution is 6.31. The number of benzene rings is 3. The Bertz CT molecular complexity index is 1100. The minimum atomic E-state index is -0.395. The number of halogens is 2. The van der Waals surface area contributed by atoms with Crippen molar-refractivity contribution in [3.63, 3.8) is 0 Å². The summed E-state index contributed by atoms with van der Waals surface area (Å²) in [7, 11) is 1.58. The van der Waals surface area contributed by atoms with Crippen LogP contribution in [0, 0.1) is 11.7 Å². The third kappa shape index (κ3) is 7.12. The lowest BCUT2D eigenvalue weighted by Crippen LogP contribution is -2.14. The molecule has 3 aromatic carbocycles. The molecule has 3 aromatic rings. The smallest absolute Gasteiger partial charge is 0.224 e. The minimum absolute atomic E-state index is 0.00918. The number of anilines is 2. The summed E-state index contributed by atoms with van der Waals surface area (Å²) < 4.78 is 24.8. The van der Waals surface area contributed by atoms with Crippen LogP contribution in [0.3, 0.4) is 0 Å². The summed E-state index contributed by atoms with van der Waals surface area (Å²) in [4.78, 5) is 12.1. The fourth-order valence-electron chi connectivity index (χ4n) is 3.30. The second kappa shape index (κ2) is 11.6. The average molecular weight is 471 g/mol. The number of nitrogens with one attached hydrogen (secondary N) is 2. The van der Waals surface area contributed by atoms with Gasteiger partial charge in [-0.05, 0) is 42.3 Å². The molecule has 3 rings (SSSR count). The molecule has 0 unspecified atom stereocenters. The van der Waals surface area contributed by atoms with Crippen LogP contribution in [0.15, 0.2) is 60.7 Å². The Morgan fingerprint density at radius 3 is 2.52 bits per heavy atom. The molecule has 0 fully saturated rings. The van der Waals surface area contributed by atoms with E-state index in [-0.39, 0.29) is 12.5 Å². The van der Waals surface area contributed by atoms with Gasteiger partial charge in [-0.15, -0.1) is 0 Å². The van der Waals surface area contributed by atoms with Gasteiger partial charge in [-0.1, -0.05) is 49.7 Å². The molecular formula is C26H28ClFN2O3. The van der Waals surface area contributed by atoms with Crippen LogP contribution in [0.25, 0.3) is 0 Å². The van der Waals surface area contributed by atoms with Crippen molar-refractivity contribution in [1.29, 1.82) is 0 Å². The molecule has 0 atom stereocenters. The van der Waals surface area contributed by atoms with Gasteiger partial charge in [0.2, 0.25) is 5.91 Å². The third-order valence-corrected chi connectivity index (χ3v) is 5.24. The zero-order chi connectivity index (χ0) is 23.8. The Hall–Kier alpha value is -3.25. The minimum Gasteiger partial charge on any atom is -0.493 e. The van der Waals surface area contributed by atoms with Crippen LogP contribution in [0.1, 0.15) is 31.4 Å². The molecule has 0 saturated carbocycles. The maximum Gasteiger partial charge on any atom is 0.224 e. The van der Waals surface area contributed by atoms with Crippen LogP contribution in [-0.2, 0) is 17.9 Å². The molecule has 7 heteroatoms. The van der Waals surface area contributed by atoms with E-state index in [1.54, 1.807) is 13.2 Å². The maximum absolute atomic E-state index is 13.3. The quantitative estimate of drug-likeness (QED) is 0.347. The number of amides is 1. The zero-order valence-electron chi connectivity index (χ0n) is 19.0. The van der Waals surface area contributed by atoms with Crippen LogP contribution in [-0.4, -0.2) is 13.0 Å². The van der Waals surface area contributed by atoms with Crippen molar-refractivity contribution < 1.29 is 18.7 Å². The molecule has 0 aliphatic rings. The Morgan fingerprint density at radius 1 is 1.03 bits per heavy atom. The predicted molar refractivity (Wildman–Crippen MR) is 131 cm³/mol. The van der Waals surface area contributed by atoms with Crippen molar-refractivity contribution in [2.75, 3.05) is 17.7 Å². The Morgan fingerprint density at radius 2 is 1.79 bits per heavy atom. The first-order valence-electron chi connectivity index (χ1n) is 10.7. The highest BCUT2D eigenvalue weighted by atomic mass is 35.5. The van der Waals surface area contributed by atoms with Gasteiger partial charge in [-0.25, -0.2) is 4.39 Å². The molecule has 2 N–H and O–H groups in total. The number of carbonyl (C=O) groups excluding carboxylic acids is 1. The number of rotatable bonds is 10. The SMILES string of the molecule is COc1cccc(CNc2cccc(NC(=O)CC(C)C)c2)c1OCc1ccc(F)cc1Cl. The summed E-state index contributed by atoms with van der Waals surface area (Å²) in [5.41, 5.74) is 3.14. The van der Waals surface area contributed by atoms with Crippen molar-refractivity contribution in [2.45, 2.75) is 33.4 Å². The van der Waals surface area contributed by atoms with E-state index in [4.69, 9.17) is 21.1 Å². The number of methoxy groups -OCH3 is 1. The molecule has 33 heavy (non-hydrogen) atoms. The van der Waals surface area contributed by atoms with E-state index >= 15 is 0 Å². The normalized spacial score (nSPS) is 10.7. The van der Waals surface area contributed by atoms with Crippen LogP contribution in [0.4, 0.5) is 15.8 Å². The van der Waals surface area contributed by atoms with Gasteiger partial charge in [-0.3, -0.25) is 4.79 Å². The van der Waals surface area contributed by atoms with Gasteiger partial charge in [0.1, 0.15) is 12.4 Å². The average Bonchev–Trinajstić information content (AvgIpc) is 2.77. The summed E-state index contributed by atoms with van der Waals surface area (Å²) in [5.74, 6) is 1.05. The molecule has 0 radical (unpaired) electrons. The van der Waals surface area contributed by atoms with Crippen molar-refractivity contribution in [2.24, 2.45) is 5.92 Å². The van der Waals surface area contributed by atoms with Gasteiger partial charge in [0.05, 0.1) is 12.1 Å². The number of para-hydroxylation sites is 1. The fraction of sp³-hybridized carbons (Fsp3) is 0.269. The summed E-state index contributed by atoms with van der Waals surface area (Å²) in [6.07, 6.45) is 0.472. The van der Waals surface area contributed by atoms with E-state index in [1.165, 1.54) is 12.1 Å². The summed E-state index contributed by atoms with van der Waals surface area (Å²) in [6, 6.07) is 17.4. The second-order valence-electron chi connectivity index (χ2n) is 8.05. The van der Waals surface area contributed by atoms with E-state index in [2.05, 4.69) is 10.6 Å². The van der Waals surface area contributed by atoms with Crippen LogP contribution in [0.5, 0.6) is 11.5 Å². The van der Waals surface area contributed by atoms with Crippen molar-refractivity contribution in [3.05, 3.63) is 82.6 Å². The highest BCUT2D eigenvalue weighted by Gasteiger charge is 2.13. The van der Waals surface area contributed by atoms with E-state index in [9.17, 15) is 9.18 Å². The molecular weight excluding hydrogens is 443 g/mol. The van der Waals surface area contributed by atoms with Crippen LogP contribution in [0.2, 0.25) is 5.02 Å². The van der Waals surface area contributed by atoms with Gasteiger partial charge in [0.25, 0.3) is 0 Å². The van der Waals surface area contributed by atoms with Gasteiger partial charge in [0.15, 0.2) is 11.5 Å². The maximum atomic E-state index is 13.3. The first-order valence-corrected chi connectivity index (χ1v) is 11.1. The van der Waals surface area contributed by atoms with Gasteiger partial charge in [-0.2, -0.15) is 0 Å². The number of ether oxygens (including phenoxy) is 2. The van der Waals surface area contributed by atoms with Gasteiger partial charge < -0.3 is 20.1 Å². The van der Waals surface area contributed by atoms with E-state index in [1.807, 2.05) is 56.3 Å². The highest BCUT2D eigenvalue weighted by Crippen LogP contribution is 2.33. The molecule has 0 bridgehead atoms. The third-order valence-electron chi connectivity index (χ3n) is 4.89. The number of hydrogen-bond donors (Lipinski definition) is 2. The second-order valence-corrected chi connectivity index (χ2v) is 8.46. The Labute approximate surface area is 198 Å². The monoisotopic (exact) mass is 470 g/mol. The molecule has 0 aliphatic heterocycles. The van der Waals surface area contributed by atoms with Gasteiger partial charge in [0, 0.05) is 35.5 Å². The van der Waals surface area contributed by atoms with Crippen LogP contribution >= 0.6 is 11.6 Å². The summed E-state index contributed by atoms with van der Waals surface area (Å²) >= 11 is 6.14. The molecule has 174 valence electrons. The first kappa shape index (κ1) is 24.4. The van der Waals surface area contributed by atoms with E-state index in [0.29, 0.717) is 41.0 Å². The molecule has 5 nitrogen and oxygen atoms in total. The molecule has 1 amide bonds. The largest absolute Gasteiger partial charge is 0.493 e.